The van der Waals surface area contributed by atoms with Crippen LogP contribution in [-0.4, -0.2) is 52.8 Å². The Balaban J connectivity index is 1.87. The maximum absolute atomic E-state index is 13.2. The normalized spacial score (nSPS) is 26.0. The van der Waals surface area contributed by atoms with Crippen molar-refractivity contribution in [3.05, 3.63) is 30.1 Å². The summed E-state index contributed by atoms with van der Waals surface area (Å²) in [6, 6.07) is 4.44. The topological polar surface area (TPSA) is 99.2 Å². The Morgan fingerprint density at radius 3 is 2.65 bits per heavy atom. The van der Waals surface area contributed by atoms with Crippen molar-refractivity contribution < 1.29 is 19.1 Å². The van der Waals surface area contributed by atoms with E-state index in [-0.39, 0.29) is 36.6 Å². The zero-order valence-corrected chi connectivity index (χ0v) is 14.6. The van der Waals surface area contributed by atoms with Crippen molar-refractivity contribution in [3.8, 4) is 0 Å². The second kappa shape index (κ2) is 7.41. The summed E-state index contributed by atoms with van der Waals surface area (Å²) in [5.74, 6) is -1.10. The molecule has 3 N–H and O–H groups in total. The summed E-state index contributed by atoms with van der Waals surface area (Å²) in [5, 5.41) is 15.4. The predicted octanol–water partition coefficient (Wildman–Crippen LogP) is 0.865. The van der Waals surface area contributed by atoms with Gasteiger partial charge in [0.1, 0.15) is 17.6 Å². The summed E-state index contributed by atoms with van der Waals surface area (Å²) >= 11 is 0. The summed E-state index contributed by atoms with van der Waals surface area (Å²) in [7, 11) is 0. The van der Waals surface area contributed by atoms with E-state index >= 15 is 0 Å². The number of nitrogens with two attached hydrogens (primary N) is 1. The van der Waals surface area contributed by atoms with Gasteiger partial charge in [-0.15, -0.1) is 0 Å². The van der Waals surface area contributed by atoms with Crippen LogP contribution in [0.4, 0.5) is 10.1 Å². The second-order valence-electron chi connectivity index (χ2n) is 6.86. The molecule has 3 atom stereocenters. The molecular weight excluding hydrogens is 339 g/mol. The molecule has 1 aromatic carbocycles. The Labute approximate surface area is 151 Å². The van der Waals surface area contributed by atoms with Crippen molar-refractivity contribution in [2.75, 3.05) is 18.2 Å². The Morgan fingerprint density at radius 2 is 2.04 bits per heavy atom. The van der Waals surface area contributed by atoms with E-state index in [1.165, 1.54) is 29.3 Å². The summed E-state index contributed by atoms with van der Waals surface area (Å²) < 4.78 is 13.2. The van der Waals surface area contributed by atoms with E-state index in [1.54, 1.807) is 4.90 Å². The van der Waals surface area contributed by atoms with Crippen molar-refractivity contribution in [2.45, 2.75) is 38.3 Å². The van der Waals surface area contributed by atoms with Crippen LogP contribution in [0.25, 0.3) is 0 Å². The predicted molar refractivity (Wildman–Crippen MR) is 94.9 cm³/mol. The van der Waals surface area contributed by atoms with Gasteiger partial charge in [0.2, 0.25) is 5.91 Å². The molecule has 3 unspecified atom stereocenters. The summed E-state index contributed by atoms with van der Waals surface area (Å²) in [6.45, 7) is 2.44. The Morgan fingerprint density at radius 1 is 1.35 bits per heavy atom. The van der Waals surface area contributed by atoms with E-state index in [4.69, 9.17) is 5.73 Å². The lowest BCUT2D eigenvalue weighted by atomic mass is 9.90. The van der Waals surface area contributed by atoms with Crippen LogP contribution in [0.5, 0.6) is 0 Å². The minimum atomic E-state index is -0.797. The maximum Gasteiger partial charge on any atom is 0.270 e. The zero-order chi connectivity index (χ0) is 18.8. The minimum absolute atomic E-state index is 0.0918. The molecule has 0 bridgehead atoms. The third kappa shape index (κ3) is 3.41. The average molecular weight is 362 g/mol. The lowest BCUT2D eigenvalue weighted by molar-refractivity contribution is -0.130. The first-order valence-electron chi connectivity index (χ1n) is 8.75. The van der Waals surface area contributed by atoms with Gasteiger partial charge < -0.3 is 15.7 Å². The molecule has 0 radical (unpaired) electrons. The highest BCUT2D eigenvalue weighted by atomic mass is 19.1. The molecule has 0 aromatic heterocycles. The molecule has 1 saturated heterocycles. The van der Waals surface area contributed by atoms with Crippen molar-refractivity contribution in [1.29, 1.82) is 0 Å². The molecule has 0 spiro atoms. The van der Waals surface area contributed by atoms with Gasteiger partial charge in [-0.05, 0) is 43.0 Å². The number of nitrogens with zero attached hydrogens (tertiary/aromatic N) is 3. The molecule has 3 rings (SSSR count). The van der Waals surface area contributed by atoms with Crippen molar-refractivity contribution in [2.24, 2.45) is 16.8 Å². The van der Waals surface area contributed by atoms with Gasteiger partial charge in [-0.3, -0.25) is 14.6 Å². The average Bonchev–Trinajstić information content (AvgIpc) is 3.07. The first kappa shape index (κ1) is 18.3. The smallest absolute Gasteiger partial charge is 0.270 e. The van der Waals surface area contributed by atoms with Crippen molar-refractivity contribution in [3.63, 3.8) is 0 Å². The lowest BCUT2D eigenvalue weighted by Gasteiger charge is -2.38. The quantitative estimate of drug-likeness (QED) is 0.830. The fourth-order valence-electron chi connectivity index (χ4n) is 3.64. The molecule has 2 aliphatic rings. The molecule has 2 heterocycles. The number of aliphatic hydroxyl groups is 1. The van der Waals surface area contributed by atoms with Crippen LogP contribution in [0.15, 0.2) is 29.4 Å². The number of benzene rings is 1. The lowest BCUT2D eigenvalue weighted by Crippen LogP contribution is -2.51. The highest BCUT2D eigenvalue weighted by Crippen LogP contribution is 2.28. The number of piperidine rings is 1. The Hall–Kier alpha value is -2.48. The van der Waals surface area contributed by atoms with Gasteiger partial charge in [0.15, 0.2) is 0 Å². The monoisotopic (exact) mass is 362 g/mol. The Kier molecular flexibility index (Phi) is 5.22. The van der Waals surface area contributed by atoms with Crippen LogP contribution in [0.1, 0.15) is 26.2 Å². The van der Waals surface area contributed by atoms with E-state index in [0.29, 0.717) is 12.2 Å². The van der Waals surface area contributed by atoms with Crippen LogP contribution in [0.3, 0.4) is 0 Å². The van der Waals surface area contributed by atoms with Gasteiger partial charge in [-0.2, -0.15) is 5.10 Å². The summed E-state index contributed by atoms with van der Waals surface area (Å²) in [4.78, 5) is 26.4. The third-order valence-electron chi connectivity index (χ3n) is 5.14. The van der Waals surface area contributed by atoms with Crippen LogP contribution < -0.4 is 10.7 Å². The van der Waals surface area contributed by atoms with Crippen LogP contribution in [0, 0.1) is 11.7 Å². The number of likely N-dealkylation sites (tertiary alicyclic amines) is 1. The molecule has 8 heteroatoms. The molecule has 1 fully saturated rings. The standard InChI is InChI=1S/C18H23FN4O3/c1-11-3-2-8-22(16(11)10-24)18(26)14-9-15(17(20)25)23(21-14)13-6-4-12(19)5-7-13/h4-7,11,15-16,24H,2-3,8-10H2,1H3,(H2,20,25). The Bertz CT molecular complexity index is 722. The van der Waals surface area contributed by atoms with E-state index < -0.39 is 17.8 Å². The number of hydrogen-bond acceptors (Lipinski definition) is 5. The molecule has 2 amide bonds. The third-order valence-corrected chi connectivity index (χ3v) is 5.14. The number of amides is 2. The summed E-state index contributed by atoms with van der Waals surface area (Å²) in [5.41, 5.74) is 6.20. The van der Waals surface area contributed by atoms with E-state index in [2.05, 4.69) is 5.10 Å². The number of rotatable bonds is 4. The van der Waals surface area contributed by atoms with E-state index in [1.807, 2.05) is 6.92 Å². The maximum atomic E-state index is 13.2. The first-order chi connectivity index (χ1) is 12.4. The molecule has 2 aliphatic heterocycles. The van der Waals surface area contributed by atoms with Gasteiger partial charge in [0, 0.05) is 13.0 Å². The largest absolute Gasteiger partial charge is 0.394 e. The number of primary amides is 1. The molecule has 26 heavy (non-hydrogen) atoms. The van der Waals surface area contributed by atoms with Gasteiger partial charge >= 0.3 is 0 Å². The zero-order valence-electron chi connectivity index (χ0n) is 14.6. The van der Waals surface area contributed by atoms with Crippen molar-refractivity contribution >= 4 is 23.2 Å². The van der Waals surface area contributed by atoms with Gasteiger partial charge in [-0.25, -0.2) is 4.39 Å². The number of anilines is 1. The van der Waals surface area contributed by atoms with Crippen LogP contribution in [-0.2, 0) is 9.59 Å². The fraction of sp³-hybridized carbons (Fsp3) is 0.500. The van der Waals surface area contributed by atoms with Crippen LogP contribution in [0.2, 0.25) is 0 Å². The number of carbonyl (C=O) groups is 2. The molecule has 0 aliphatic carbocycles. The van der Waals surface area contributed by atoms with E-state index in [0.717, 1.165) is 12.8 Å². The number of hydrogen-bond donors (Lipinski definition) is 2. The molecule has 1 aromatic rings. The number of hydrazone groups is 1. The van der Waals surface area contributed by atoms with Gasteiger partial charge in [0.25, 0.3) is 5.91 Å². The number of carbonyl (C=O) groups excluding carboxylic acids is 2. The summed E-state index contributed by atoms with van der Waals surface area (Å²) in [6.07, 6.45) is 1.90. The molecular formula is C18H23FN4O3. The first-order valence-corrected chi connectivity index (χ1v) is 8.75. The number of halogens is 1. The highest BCUT2D eigenvalue weighted by Gasteiger charge is 2.39. The van der Waals surface area contributed by atoms with Crippen molar-refractivity contribution in [1.82, 2.24) is 4.90 Å². The minimum Gasteiger partial charge on any atom is -0.394 e. The molecule has 0 saturated carbocycles. The molecule has 140 valence electrons. The SMILES string of the molecule is CC1CCCN(C(=O)C2=NN(c3ccc(F)cc3)C(C(N)=O)C2)C1CO. The number of aliphatic hydroxyl groups excluding tert-OH is 1. The molecule has 7 nitrogen and oxygen atoms in total. The van der Waals surface area contributed by atoms with Gasteiger partial charge in [0.05, 0.1) is 18.3 Å². The van der Waals surface area contributed by atoms with E-state index in [9.17, 15) is 19.1 Å². The van der Waals surface area contributed by atoms with Gasteiger partial charge in [-0.1, -0.05) is 6.92 Å². The second-order valence-corrected chi connectivity index (χ2v) is 6.86. The van der Waals surface area contributed by atoms with Crippen LogP contribution >= 0.6 is 0 Å². The fourth-order valence-corrected chi connectivity index (χ4v) is 3.64. The highest BCUT2D eigenvalue weighted by molar-refractivity contribution is 6.40.